The van der Waals surface area contributed by atoms with Gasteiger partial charge in [0, 0.05) is 31.3 Å². The van der Waals surface area contributed by atoms with Gasteiger partial charge in [-0.05, 0) is 61.9 Å². The van der Waals surface area contributed by atoms with Gasteiger partial charge in [0.05, 0.1) is 25.0 Å². The van der Waals surface area contributed by atoms with Gasteiger partial charge in [-0.25, -0.2) is 9.78 Å². The number of carbonyl (C=O) groups is 1. The average Bonchev–Trinajstić information content (AvgIpc) is 3.45. The van der Waals surface area contributed by atoms with E-state index in [2.05, 4.69) is 20.9 Å². The van der Waals surface area contributed by atoms with Gasteiger partial charge in [-0.15, -0.1) is 0 Å². The van der Waals surface area contributed by atoms with Crippen molar-refractivity contribution in [3.63, 3.8) is 0 Å². The lowest BCUT2D eigenvalue weighted by molar-refractivity contribution is 0.0534. The number of rotatable bonds is 5. The number of benzene rings is 1. The molecule has 0 bridgehead atoms. The first kappa shape index (κ1) is 22.6. The molecule has 178 valence electrons. The van der Waals surface area contributed by atoms with Crippen LogP contribution in [0.2, 0.25) is 0 Å². The van der Waals surface area contributed by atoms with Crippen LogP contribution in [0.5, 0.6) is 5.75 Å². The van der Waals surface area contributed by atoms with E-state index in [1.165, 1.54) is 0 Å². The minimum Gasteiger partial charge on any atom is -0.495 e. The number of anilines is 1. The van der Waals surface area contributed by atoms with Crippen molar-refractivity contribution in [2.45, 2.75) is 38.9 Å². The Bertz CT molecular complexity index is 1150. The molecular weight excluding hydrogens is 432 g/mol. The Hall–Kier alpha value is -3.15. The highest BCUT2D eigenvalue weighted by Gasteiger charge is 2.41. The maximum atomic E-state index is 11.8. The van der Waals surface area contributed by atoms with Crippen LogP contribution in [0, 0.1) is 23.7 Å². The summed E-state index contributed by atoms with van der Waals surface area (Å²) in [5, 5.41) is 20.2. The second-order valence-corrected chi connectivity index (χ2v) is 9.72. The van der Waals surface area contributed by atoms with Gasteiger partial charge in [-0.3, -0.25) is 0 Å². The predicted octanol–water partition coefficient (Wildman–Crippen LogP) is 2.97. The molecule has 1 aromatic carbocycles. The van der Waals surface area contributed by atoms with Gasteiger partial charge in [0.2, 0.25) is 0 Å². The maximum absolute atomic E-state index is 11.8. The molecule has 34 heavy (non-hydrogen) atoms. The number of cyclic esters (lactones) is 1. The topological polar surface area (TPSA) is 98.9 Å². The number of hydrogen-bond acceptors (Lipinski definition) is 8. The normalized spacial score (nSPS) is 20.2. The molecule has 3 aliphatic rings. The van der Waals surface area contributed by atoms with Crippen LogP contribution in [0.4, 0.5) is 5.82 Å². The molecule has 1 N–H and O–H groups in total. The number of β-amino-alcohol motifs (C(OH)–C–C–N with tert-alkyl or cyclic N) is 1. The monoisotopic (exact) mass is 462 g/mol. The smallest absolute Gasteiger partial charge is 0.338 e. The van der Waals surface area contributed by atoms with Crippen molar-refractivity contribution in [2.24, 2.45) is 5.41 Å². The van der Waals surface area contributed by atoms with Crippen LogP contribution in [0.15, 0.2) is 24.4 Å². The van der Waals surface area contributed by atoms with E-state index in [-0.39, 0.29) is 11.4 Å². The van der Waals surface area contributed by atoms with Crippen molar-refractivity contribution in [3.8, 4) is 11.8 Å². The van der Waals surface area contributed by atoms with Crippen LogP contribution < -0.4 is 9.64 Å². The Balaban J connectivity index is 1.20. The molecule has 2 fully saturated rings. The molecule has 1 atom stereocenters. The van der Waals surface area contributed by atoms with Crippen molar-refractivity contribution in [1.82, 2.24) is 9.88 Å². The number of nitrogens with zero attached hydrogens (tertiary/aromatic N) is 4. The SMILES string of the molecule is COc1cc(N2CCC3(CCN(CC(O)c4ccc5c(c4C)COC5=O)CC3)C2)ncc1C#N. The summed E-state index contributed by atoms with van der Waals surface area (Å²) >= 11 is 0. The van der Waals surface area contributed by atoms with E-state index in [9.17, 15) is 15.2 Å². The number of ether oxygens (including phenoxy) is 2. The fourth-order valence-electron chi connectivity index (χ4n) is 5.67. The van der Waals surface area contributed by atoms with Crippen LogP contribution in [-0.2, 0) is 11.3 Å². The molecular formula is C26H30N4O4. The lowest BCUT2D eigenvalue weighted by atomic mass is 9.77. The van der Waals surface area contributed by atoms with E-state index in [0.717, 1.165) is 67.9 Å². The average molecular weight is 463 g/mol. The zero-order valence-electron chi connectivity index (χ0n) is 19.7. The molecule has 3 aliphatic heterocycles. The summed E-state index contributed by atoms with van der Waals surface area (Å²) < 4.78 is 10.5. The zero-order chi connectivity index (χ0) is 23.9. The Labute approximate surface area is 199 Å². The highest BCUT2D eigenvalue weighted by molar-refractivity contribution is 5.93. The van der Waals surface area contributed by atoms with E-state index in [1.54, 1.807) is 19.4 Å². The quantitative estimate of drug-likeness (QED) is 0.677. The van der Waals surface area contributed by atoms with Crippen molar-refractivity contribution < 1.29 is 19.4 Å². The minimum atomic E-state index is -0.592. The molecule has 0 radical (unpaired) electrons. The standard InChI is InChI=1S/C26H30N4O4/c1-17-19(3-4-20-21(17)15-34-25(20)32)22(31)14-29-8-5-26(6-9-29)7-10-30(16-26)24-11-23(33-2)18(12-27)13-28-24/h3-4,11,13,22,31H,5-10,14-16H2,1-2H3. The van der Waals surface area contributed by atoms with E-state index in [4.69, 9.17) is 9.47 Å². The molecule has 2 saturated heterocycles. The van der Waals surface area contributed by atoms with E-state index >= 15 is 0 Å². The summed E-state index contributed by atoms with van der Waals surface area (Å²) in [6, 6.07) is 7.62. The van der Waals surface area contributed by atoms with Crippen molar-refractivity contribution in [1.29, 1.82) is 5.26 Å². The number of nitriles is 1. The molecule has 1 spiro atoms. The second-order valence-electron chi connectivity index (χ2n) is 9.72. The molecule has 0 saturated carbocycles. The summed E-state index contributed by atoms with van der Waals surface area (Å²) in [7, 11) is 1.58. The highest BCUT2D eigenvalue weighted by Crippen LogP contribution is 2.42. The fraction of sp³-hybridized carbons (Fsp3) is 0.500. The maximum Gasteiger partial charge on any atom is 0.338 e. The van der Waals surface area contributed by atoms with E-state index in [1.807, 2.05) is 19.1 Å². The summed E-state index contributed by atoms with van der Waals surface area (Å²) in [4.78, 5) is 20.9. The number of esters is 1. The Kier molecular flexibility index (Phi) is 5.92. The first-order valence-corrected chi connectivity index (χ1v) is 11.8. The molecule has 2 aromatic rings. The largest absolute Gasteiger partial charge is 0.495 e. The molecule has 8 nitrogen and oxygen atoms in total. The number of carbonyl (C=O) groups excluding carboxylic acids is 1. The van der Waals surface area contributed by atoms with Crippen molar-refractivity contribution >= 4 is 11.8 Å². The van der Waals surface area contributed by atoms with Crippen LogP contribution in [-0.4, -0.2) is 60.8 Å². The summed E-state index contributed by atoms with van der Waals surface area (Å²) in [5.41, 5.74) is 4.06. The zero-order valence-corrected chi connectivity index (χ0v) is 19.7. The van der Waals surface area contributed by atoms with Gasteiger partial charge in [-0.1, -0.05) is 6.07 Å². The van der Waals surface area contributed by atoms with Crippen LogP contribution in [0.3, 0.4) is 0 Å². The van der Waals surface area contributed by atoms with Gasteiger partial charge in [-0.2, -0.15) is 5.26 Å². The molecule has 0 aliphatic carbocycles. The minimum absolute atomic E-state index is 0.255. The Morgan fingerprint density at radius 2 is 2.06 bits per heavy atom. The molecule has 1 unspecified atom stereocenters. The number of fused-ring (bicyclic) bond motifs is 1. The molecule has 0 amide bonds. The van der Waals surface area contributed by atoms with Crippen LogP contribution in [0.25, 0.3) is 0 Å². The number of likely N-dealkylation sites (tertiary alicyclic amines) is 1. The molecule has 8 heteroatoms. The van der Waals surface area contributed by atoms with Gasteiger partial charge < -0.3 is 24.4 Å². The Morgan fingerprint density at radius 1 is 1.29 bits per heavy atom. The predicted molar refractivity (Wildman–Crippen MR) is 126 cm³/mol. The number of methoxy groups -OCH3 is 1. The molecule has 1 aromatic heterocycles. The number of pyridine rings is 1. The van der Waals surface area contributed by atoms with Gasteiger partial charge in [0.25, 0.3) is 0 Å². The second kappa shape index (κ2) is 8.90. The fourth-order valence-corrected chi connectivity index (χ4v) is 5.67. The van der Waals surface area contributed by atoms with E-state index in [0.29, 0.717) is 30.0 Å². The van der Waals surface area contributed by atoms with Gasteiger partial charge in [0.1, 0.15) is 29.8 Å². The summed E-state index contributed by atoms with van der Waals surface area (Å²) in [6.07, 6.45) is 4.27. The summed E-state index contributed by atoms with van der Waals surface area (Å²) in [5.74, 6) is 1.15. The summed E-state index contributed by atoms with van der Waals surface area (Å²) in [6.45, 7) is 6.63. The van der Waals surface area contributed by atoms with Crippen LogP contribution in [0.1, 0.15) is 58.0 Å². The molecule has 5 rings (SSSR count). The first-order valence-electron chi connectivity index (χ1n) is 11.8. The molecule has 4 heterocycles. The Morgan fingerprint density at radius 3 is 2.79 bits per heavy atom. The van der Waals surface area contributed by atoms with Crippen LogP contribution >= 0.6 is 0 Å². The van der Waals surface area contributed by atoms with Gasteiger partial charge in [0.15, 0.2) is 0 Å². The number of piperidine rings is 1. The van der Waals surface area contributed by atoms with E-state index < -0.39 is 6.10 Å². The third-order valence-corrected chi connectivity index (χ3v) is 7.87. The number of hydrogen-bond donors (Lipinski definition) is 1. The number of aliphatic hydroxyl groups excluding tert-OH is 1. The first-order chi connectivity index (χ1) is 16.4. The van der Waals surface area contributed by atoms with Gasteiger partial charge >= 0.3 is 5.97 Å². The van der Waals surface area contributed by atoms with Crippen molar-refractivity contribution in [2.75, 3.05) is 44.7 Å². The van der Waals surface area contributed by atoms with Crippen molar-refractivity contribution in [3.05, 3.63) is 52.2 Å². The third kappa shape index (κ3) is 3.99. The number of aromatic nitrogens is 1. The third-order valence-electron chi connectivity index (χ3n) is 7.87. The highest BCUT2D eigenvalue weighted by atomic mass is 16.5. The lowest BCUT2D eigenvalue weighted by Gasteiger charge is -2.40. The lowest BCUT2D eigenvalue weighted by Crippen LogP contribution is -2.43. The number of aliphatic hydroxyl groups is 1.